The molecule has 0 amide bonds. The number of carbonyl (C=O) groups is 1. The highest BCUT2D eigenvalue weighted by Gasteiger charge is 2.06. The Bertz CT molecular complexity index is 964. The van der Waals surface area contributed by atoms with E-state index < -0.39 is 5.97 Å². The van der Waals surface area contributed by atoms with Crippen LogP contribution >= 0.6 is 0 Å². The lowest BCUT2D eigenvalue weighted by Gasteiger charge is -2.02. The number of nitrogens with zero attached hydrogens (tertiary/aromatic N) is 2. The minimum Gasteiger partial charge on any atom is -0.497 e. The Kier molecular flexibility index (Phi) is 6.37. The van der Waals surface area contributed by atoms with E-state index in [1.54, 1.807) is 32.7 Å². The zero-order valence-corrected chi connectivity index (χ0v) is 16.1. The maximum absolute atomic E-state index is 11.5. The molecule has 3 aromatic carbocycles. The molecule has 0 aliphatic heterocycles. The lowest BCUT2D eigenvalue weighted by molar-refractivity contribution is 0.0697. The van der Waals surface area contributed by atoms with Crippen molar-refractivity contribution in [3.8, 4) is 11.5 Å². The van der Waals surface area contributed by atoms with Crippen molar-refractivity contribution >= 4 is 29.8 Å². The number of rotatable bonds is 7. The van der Waals surface area contributed by atoms with Gasteiger partial charge in [-0.2, -0.15) is 0 Å². The molecular formula is C23H20N2O4. The van der Waals surface area contributed by atoms with Crippen molar-refractivity contribution in [2.24, 2.45) is 9.98 Å². The van der Waals surface area contributed by atoms with Gasteiger partial charge in [0, 0.05) is 12.4 Å². The van der Waals surface area contributed by atoms with Crippen molar-refractivity contribution in [3.05, 3.63) is 83.4 Å². The first-order valence-corrected chi connectivity index (χ1v) is 8.82. The van der Waals surface area contributed by atoms with Gasteiger partial charge < -0.3 is 14.6 Å². The summed E-state index contributed by atoms with van der Waals surface area (Å²) < 4.78 is 10.3. The van der Waals surface area contributed by atoms with Crippen LogP contribution in [0.2, 0.25) is 0 Å². The van der Waals surface area contributed by atoms with E-state index in [1.807, 2.05) is 48.5 Å². The third-order valence-corrected chi connectivity index (χ3v) is 4.11. The Morgan fingerprint density at radius 1 is 0.759 bits per heavy atom. The van der Waals surface area contributed by atoms with Crippen LogP contribution < -0.4 is 9.47 Å². The van der Waals surface area contributed by atoms with Gasteiger partial charge in [0.25, 0.3) is 0 Å². The normalized spacial score (nSPS) is 11.1. The molecule has 3 rings (SSSR count). The van der Waals surface area contributed by atoms with Crippen LogP contribution in [0.1, 0.15) is 21.5 Å². The van der Waals surface area contributed by atoms with Crippen LogP contribution in [0.5, 0.6) is 11.5 Å². The molecule has 0 saturated carbocycles. The zero-order valence-electron chi connectivity index (χ0n) is 16.1. The monoisotopic (exact) mass is 388 g/mol. The molecule has 0 unspecified atom stereocenters. The zero-order chi connectivity index (χ0) is 20.6. The molecule has 0 radical (unpaired) electrons. The highest BCUT2D eigenvalue weighted by Crippen LogP contribution is 2.24. The highest BCUT2D eigenvalue weighted by molar-refractivity contribution is 5.91. The second-order valence-corrected chi connectivity index (χ2v) is 6.11. The maximum Gasteiger partial charge on any atom is 0.335 e. The third-order valence-electron chi connectivity index (χ3n) is 4.11. The molecule has 146 valence electrons. The second kappa shape index (κ2) is 9.32. The number of aliphatic imine (C=N–C) groups is 2. The Morgan fingerprint density at radius 3 is 1.52 bits per heavy atom. The largest absolute Gasteiger partial charge is 0.497 e. The molecular weight excluding hydrogens is 368 g/mol. The molecule has 0 aliphatic carbocycles. The molecule has 0 spiro atoms. The lowest BCUT2D eigenvalue weighted by Crippen LogP contribution is -1.95. The fourth-order valence-corrected chi connectivity index (χ4v) is 2.55. The van der Waals surface area contributed by atoms with Gasteiger partial charge in [0.1, 0.15) is 11.5 Å². The molecule has 6 heteroatoms. The van der Waals surface area contributed by atoms with Gasteiger partial charge in [-0.3, -0.25) is 9.98 Å². The summed E-state index contributed by atoms with van der Waals surface area (Å²) in [6, 6.07) is 19.5. The van der Waals surface area contributed by atoms with E-state index in [4.69, 9.17) is 9.47 Å². The fraction of sp³-hybridized carbons (Fsp3) is 0.0870. The molecule has 0 saturated heterocycles. The van der Waals surface area contributed by atoms with Crippen LogP contribution in [0.3, 0.4) is 0 Å². The minimum atomic E-state index is -1.03. The molecule has 0 aromatic heterocycles. The van der Waals surface area contributed by atoms with Crippen LogP contribution in [0.4, 0.5) is 11.4 Å². The predicted molar refractivity (Wildman–Crippen MR) is 114 cm³/mol. The number of hydrogen-bond acceptors (Lipinski definition) is 5. The standard InChI is InChI=1S/C23H20N2O4/c1-28-21-7-3-16(4-8-21)14-24-19-11-18(23(26)27)12-20(13-19)25-15-17-5-9-22(29-2)10-6-17/h3-15H,1-2H3,(H,26,27). The van der Waals surface area contributed by atoms with Gasteiger partial charge in [-0.05, 0) is 77.9 Å². The summed E-state index contributed by atoms with van der Waals surface area (Å²) in [5.74, 6) is 0.475. The van der Waals surface area contributed by atoms with Crippen LogP contribution in [0.15, 0.2) is 76.7 Å². The smallest absolute Gasteiger partial charge is 0.335 e. The van der Waals surface area contributed by atoms with Gasteiger partial charge >= 0.3 is 5.97 Å². The summed E-state index contributed by atoms with van der Waals surface area (Å²) in [5, 5.41) is 9.39. The van der Waals surface area contributed by atoms with E-state index in [1.165, 1.54) is 12.1 Å². The number of hydrogen-bond donors (Lipinski definition) is 1. The lowest BCUT2D eigenvalue weighted by atomic mass is 10.1. The molecule has 3 aromatic rings. The van der Waals surface area contributed by atoms with Crippen molar-refractivity contribution in [1.82, 2.24) is 0 Å². The van der Waals surface area contributed by atoms with Crippen molar-refractivity contribution < 1.29 is 19.4 Å². The Balaban J connectivity index is 1.85. The van der Waals surface area contributed by atoms with Gasteiger partial charge in [0.2, 0.25) is 0 Å². The first-order valence-electron chi connectivity index (χ1n) is 8.82. The number of ether oxygens (including phenoxy) is 2. The summed E-state index contributed by atoms with van der Waals surface area (Å²) in [4.78, 5) is 20.3. The number of methoxy groups -OCH3 is 2. The maximum atomic E-state index is 11.5. The summed E-state index contributed by atoms with van der Waals surface area (Å²) in [5.41, 5.74) is 2.87. The number of benzene rings is 3. The van der Waals surface area contributed by atoms with Crippen molar-refractivity contribution in [3.63, 3.8) is 0 Å². The average Bonchev–Trinajstić information content (AvgIpc) is 2.76. The second-order valence-electron chi connectivity index (χ2n) is 6.11. The van der Waals surface area contributed by atoms with E-state index in [2.05, 4.69) is 9.98 Å². The molecule has 0 aliphatic rings. The van der Waals surface area contributed by atoms with Crippen LogP contribution in [-0.2, 0) is 0 Å². The third kappa shape index (κ3) is 5.52. The quantitative estimate of drug-likeness (QED) is 0.584. The molecule has 0 heterocycles. The van der Waals surface area contributed by atoms with E-state index in [9.17, 15) is 9.90 Å². The van der Waals surface area contributed by atoms with Gasteiger partial charge in [-0.25, -0.2) is 4.79 Å². The molecule has 29 heavy (non-hydrogen) atoms. The van der Waals surface area contributed by atoms with Crippen molar-refractivity contribution in [2.45, 2.75) is 0 Å². The van der Waals surface area contributed by atoms with E-state index in [0.29, 0.717) is 11.4 Å². The van der Waals surface area contributed by atoms with Crippen LogP contribution in [-0.4, -0.2) is 37.7 Å². The highest BCUT2D eigenvalue weighted by atomic mass is 16.5. The summed E-state index contributed by atoms with van der Waals surface area (Å²) in [6.45, 7) is 0. The molecule has 0 bridgehead atoms. The Hall–Kier alpha value is -3.93. The van der Waals surface area contributed by atoms with E-state index in [0.717, 1.165) is 22.6 Å². The van der Waals surface area contributed by atoms with E-state index in [-0.39, 0.29) is 5.56 Å². The summed E-state index contributed by atoms with van der Waals surface area (Å²) in [6.07, 6.45) is 3.33. The Labute approximate surface area is 168 Å². The number of carboxylic acids is 1. The predicted octanol–water partition coefficient (Wildman–Crippen LogP) is 4.90. The topological polar surface area (TPSA) is 80.5 Å². The SMILES string of the molecule is COc1ccc(C=Nc2cc(N=Cc3ccc(OC)cc3)cc(C(=O)O)c2)cc1. The van der Waals surface area contributed by atoms with Gasteiger partial charge in [-0.1, -0.05) is 0 Å². The van der Waals surface area contributed by atoms with Crippen molar-refractivity contribution in [1.29, 1.82) is 0 Å². The minimum absolute atomic E-state index is 0.122. The van der Waals surface area contributed by atoms with Crippen molar-refractivity contribution in [2.75, 3.05) is 14.2 Å². The molecule has 6 nitrogen and oxygen atoms in total. The van der Waals surface area contributed by atoms with Gasteiger partial charge in [0.15, 0.2) is 0 Å². The average molecular weight is 388 g/mol. The van der Waals surface area contributed by atoms with Crippen LogP contribution in [0, 0.1) is 0 Å². The molecule has 0 fully saturated rings. The van der Waals surface area contributed by atoms with Crippen LogP contribution in [0.25, 0.3) is 0 Å². The number of aromatic carboxylic acids is 1. The molecule has 1 N–H and O–H groups in total. The first kappa shape index (κ1) is 19.8. The molecule has 0 atom stereocenters. The van der Waals surface area contributed by atoms with E-state index >= 15 is 0 Å². The summed E-state index contributed by atoms with van der Waals surface area (Å²) >= 11 is 0. The van der Waals surface area contributed by atoms with Gasteiger partial charge in [-0.15, -0.1) is 0 Å². The van der Waals surface area contributed by atoms with Gasteiger partial charge in [0.05, 0.1) is 31.2 Å². The summed E-state index contributed by atoms with van der Waals surface area (Å²) in [7, 11) is 3.21. The number of carboxylic acid groups (broad SMARTS) is 1. The fourth-order valence-electron chi connectivity index (χ4n) is 2.55. The Morgan fingerprint density at radius 2 is 1.17 bits per heavy atom. The first-order chi connectivity index (χ1) is 14.1.